The summed E-state index contributed by atoms with van der Waals surface area (Å²) in [6.45, 7) is 8.14. The van der Waals surface area contributed by atoms with E-state index in [0.29, 0.717) is 16.9 Å². The molecule has 196 valence electrons. The van der Waals surface area contributed by atoms with Gasteiger partial charge in [0.2, 0.25) is 0 Å². The van der Waals surface area contributed by atoms with Gasteiger partial charge in [-0.05, 0) is 73.6 Å². The predicted molar refractivity (Wildman–Crippen MR) is 147 cm³/mol. The average Bonchev–Trinajstić information content (AvgIpc) is 3.34. The molecule has 7 nitrogen and oxygen atoms in total. The van der Waals surface area contributed by atoms with Crippen molar-refractivity contribution in [2.45, 2.75) is 51.4 Å². The van der Waals surface area contributed by atoms with Crippen molar-refractivity contribution in [3.05, 3.63) is 94.7 Å². The van der Waals surface area contributed by atoms with Crippen molar-refractivity contribution >= 4 is 19.3 Å². The molecule has 1 aliphatic heterocycles. The first kappa shape index (κ1) is 26.2. The molecule has 1 saturated heterocycles. The number of benzene rings is 2. The van der Waals surface area contributed by atoms with E-state index in [-0.39, 0.29) is 25.7 Å². The average molecular weight is 512 g/mol. The second-order valence-electron chi connectivity index (χ2n) is 10.7. The number of hydrogen-bond donors (Lipinski definition) is 2. The summed E-state index contributed by atoms with van der Waals surface area (Å²) in [5.41, 5.74) is 5.48. The van der Waals surface area contributed by atoms with E-state index >= 15 is 0 Å². The third-order valence-electron chi connectivity index (χ3n) is 7.66. The lowest BCUT2D eigenvalue weighted by atomic mass is 9.77. The van der Waals surface area contributed by atoms with Crippen LogP contribution < -0.4 is 5.32 Å². The quantitative estimate of drug-likeness (QED) is 0.427. The normalized spacial score (nSPS) is 17.7. The maximum Gasteiger partial charge on any atom is 0.492 e. The topological polar surface area (TPSA) is 89.9 Å². The molecule has 38 heavy (non-hydrogen) atoms. The highest BCUT2D eigenvalue weighted by atomic mass is 16.7. The van der Waals surface area contributed by atoms with Crippen LogP contribution in [0.2, 0.25) is 0 Å². The van der Waals surface area contributed by atoms with Gasteiger partial charge in [-0.1, -0.05) is 54.6 Å². The summed E-state index contributed by atoms with van der Waals surface area (Å²) >= 11 is 0. The van der Waals surface area contributed by atoms with Crippen LogP contribution in [-0.2, 0) is 20.7 Å². The number of fused-ring (bicyclic) bond motifs is 3. The number of alkyl carbamates (subject to hydrolysis) is 1. The Morgan fingerprint density at radius 3 is 2.18 bits per heavy atom. The van der Waals surface area contributed by atoms with Crippen LogP contribution in [-0.4, -0.2) is 47.7 Å². The molecule has 2 aromatic carbocycles. The zero-order valence-electron chi connectivity index (χ0n) is 22.2. The largest absolute Gasteiger partial charge is 0.492 e. The Labute approximate surface area is 224 Å². The fourth-order valence-corrected chi connectivity index (χ4v) is 4.88. The molecule has 2 N–H and O–H groups in total. The number of nitrogens with one attached hydrogen (secondary N) is 1. The van der Waals surface area contributed by atoms with Gasteiger partial charge in [0.15, 0.2) is 0 Å². The summed E-state index contributed by atoms with van der Waals surface area (Å²) in [5, 5.41) is 12.4. The van der Waals surface area contributed by atoms with Gasteiger partial charge in [-0.15, -0.1) is 0 Å². The van der Waals surface area contributed by atoms with E-state index < -0.39 is 24.4 Å². The standard InChI is InChI=1S/C30H33BN2O5/c1-29(2)30(3,4)38-31(37-29)20(16-21-10-9-11-22(18-34)33-21)17-32-28(35)36-19-27-25-14-7-5-12-23(25)24-13-6-8-15-26(24)27/h5-16,27,34H,17-19H2,1-4H3,(H,32,35). The molecule has 0 unspecified atom stereocenters. The monoisotopic (exact) mass is 512 g/mol. The van der Waals surface area contributed by atoms with Crippen LogP contribution in [0, 0.1) is 0 Å². The molecule has 5 rings (SSSR count). The molecule has 2 heterocycles. The minimum Gasteiger partial charge on any atom is -0.449 e. The Hall–Kier alpha value is -3.46. The maximum absolute atomic E-state index is 12.9. The SMILES string of the molecule is CC1(C)OB(C(=Cc2cccc(CO)n2)CNC(=O)OCC2c3ccccc3-c3ccccc32)OC1(C)C. The molecule has 1 aliphatic carbocycles. The Morgan fingerprint density at radius 2 is 1.58 bits per heavy atom. The highest BCUT2D eigenvalue weighted by molar-refractivity contribution is 6.56. The molecule has 8 heteroatoms. The molecular weight excluding hydrogens is 479 g/mol. The van der Waals surface area contributed by atoms with Gasteiger partial charge in [0.05, 0.1) is 29.2 Å². The number of pyridine rings is 1. The summed E-state index contributed by atoms with van der Waals surface area (Å²) < 4.78 is 18.2. The van der Waals surface area contributed by atoms with Gasteiger partial charge in [0, 0.05) is 12.5 Å². The second-order valence-corrected chi connectivity index (χ2v) is 10.7. The third kappa shape index (κ3) is 5.12. The fraction of sp³-hybridized carbons (Fsp3) is 0.333. The van der Waals surface area contributed by atoms with E-state index in [1.807, 2.05) is 70.2 Å². The second kappa shape index (κ2) is 10.4. The Bertz CT molecular complexity index is 1310. The lowest BCUT2D eigenvalue weighted by molar-refractivity contribution is 0.00578. The first-order valence-corrected chi connectivity index (χ1v) is 12.9. The number of ether oxygens (including phenoxy) is 1. The molecule has 2 aliphatic rings. The number of rotatable bonds is 7. The number of carbonyl (C=O) groups excluding carboxylic acids is 1. The highest BCUT2D eigenvalue weighted by Gasteiger charge is 2.52. The minimum absolute atomic E-state index is 0.0170. The first-order chi connectivity index (χ1) is 18.2. The zero-order valence-corrected chi connectivity index (χ0v) is 22.2. The van der Waals surface area contributed by atoms with E-state index in [1.54, 1.807) is 6.07 Å². The predicted octanol–water partition coefficient (Wildman–Crippen LogP) is 5.13. The van der Waals surface area contributed by atoms with Gasteiger partial charge in [0.25, 0.3) is 0 Å². The lowest BCUT2D eigenvalue weighted by Gasteiger charge is -2.32. The van der Waals surface area contributed by atoms with E-state index in [4.69, 9.17) is 14.0 Å². The summed E-state index contributed by atoms with van der Waals surface area (Å²) in [6, 6.07) is 21.9. The van der Waals surface area contributed by atoms with Gasteiger partial charge < -0.3 is 24.5 Å². The number of aliphatic hydroxyl groups is 1. The summed E-state index contributed by atoms with van der Waals surface area (Å²) in [7, 11) is -0.673. The fourth-order valence-electron chi connectivity index (χ4n) is 4.88. The first-order valence-electron chi connectivity index (χ1n) is 12.9. The molecule has 1 aromatic heterocycles. The van der Waals surface area contributed by atoms with Gasteiger partial charge in [0.1, 0.15) is 6.61 Å². The Balaban J connectivity index is 1.30. The van der Waals surface area contributed by atoms with Crippen molar-refractivity contribution in [3.63, 3.8) is 0 Å². The molecular formula is C30H33BN2O5. The third-order valence-corrected chi connectivity index (χ3v) is 7.66. The molecule has 3 aromatic rings. The van der Waals surface area contributed by atoms with Crippen LogP contribution in [0.4, 0.5) is 4.79 Å². The van der Waals surface area contributed by atoms with Gasteiger partial charge in [-0.3, -0.25) is 4.98 Å². The molecule has 1 amide bonds. The number of aromatic nitrogens is 1. The van der Waals surface area contributed by atoms with Crippen LogP contribution in [0.25, 0.3) is 17.2 Å². The zero-order chi connectivity index (χ0) is 26.9. The van der Waals surface area contributed by atoms with E-state index in [9.17, 15) is 9.90 Å². The van der Waals surface area contributed by atoms with Crippen molar-refractivity contribution in [2.24, 2.45) is 0 Å². The van der Waals surface area contributed by atoms with Gasteiger partial charge >= 0.3 is 13.2 Å². The number of nitrogens with zero attached hydrogens (tertiary/aromatic N) is 1. The minimum atomic E-state index is -0.673. The van der Waals surface area contributed by atoms with Crippen LogP contribution in [0.1, 0.15) is 56.1 Å². The van der Waals surface area contributed by atoms with E-state index in [0.717, 1.165) is 11.1 Å². The molecule has 0 bridgehead atoms. The van der Waals surface area contributed by atoms with Crippen LogP contribution in [0.5, 0.6) is 0 Å². The highest BCUT2D eigenvalue weighted by Crippen LogP contribution is 2.44. The number of carbonyl (C=O) groups is 1. The van der Waals surface area contributed by atoms with Crippen molar-refractivity contribution in [2.75, 3.05) is 13.2 Å². The maximum atomic E-state index is 12.9. The molecule has 0 radical (unpaired) electrons. The van der Waals surface area contributed by atoms with Crippen LogP contribution >= 0.6 is 0 Å². The van der Waals surface area contributed by atoms with Crippen molar-refractivity contribution in [1.82, 2.24) is 10.3 Å². The van der Waals surface area contributed by atoms with E-state index in [2.05, 4.69) is 34.6 Å². The van der Waals surface area contributed by atoms with E-state index in [1.165, 1.54) is 11.1 Å². The smallest absolute Gasteiger partial charge is 0.449 e. The summed E-state index contributed by atoms with van der Waals surface area (Å²) in [4.78, 5) is 17.3. The Morgan fingerprint density at radius 1 is 0.974 bits per heavy atom. The lowest BCUT2D eigenvalue weighted by Crippen LogP contribution is -2.41. The van der Waals surface area contributed by atoms with Crippen LogP contribution in [0.15, 0.2) is 72.2 Å². The van der Waals surface area contributed by atoms with Crippen LogP contribution in [0.3, 0.4) is 0 Å². The van der Waals surface area contributed by atoms with Crippen molar-refractivity contribution in [1.29, 1.82) is 0 Å². The van der Waals surface area contributed by atoms with Crippen molar-refractivity contribution < 1.29 is 23.9 Å². The molecule has 1 fully saturated rings. The van der Waals surface area contributed by atoms with Gasteiger partial charge in [-0.2, -0.15) is 0 Å². The molecule has 0 atom stereocenters. The van der Waals surface area contributed by atoms with Crippen molar-refractivity contribution in [3.8, 4) is 11.1 Å². The summed E-state index contributed by atoms with van der Waals surface area (Å²) in [6.07, 6.45) is 1.30. The molecule has 0 saturated carbocycles. The molecule has 0 spiro atoms. The number of hydrogen-bond acceptors (Lipinski definition) is 6. The number of amides is 1. The number of aliphatic hydroxyl groups excluding tert-OH is 1. The Kier molecular flexibility index (Phi) is 7.14. The van der Waals surface area contributed by atoms with Gasteiger partial charge in [-0.25, -0.2) is 4.79 Å². The summed E-state index contributed by atoms with van der Waals surface area (Å²) in [5.74, 6) is -0.0170.